The molecule has 0 radical (unpaired) electrons. The van der Waals surface area contributed by atoms with Crippen LogP contribution in [0.15, 0.2) is 72.1 Å². The number of ketones is 1. The minimum atomic E-state index is -0.443. The van der Waals surface area contributed by atoms with Crippen LogP contribution < -0.4 is 10.6 Å². The molecule has 162 valence electrons. The average Bonchev–Trinajstić information content (AvgIpc) is 3.15. The number of amides is 1. The quantitative estimate of drug-likeness (QED) is 0.561. The summed E-state index contributed by atoms with van der Waals surface area (Å²) in [5.74, 6) is 0.401. The average molecular weight is 447 g/mol. The smallest absolute Gasteiger partial charge is 0.261 e. The number of aromatic nitrogens is 2. The Labute approximate surface area is 191 Å². The van der Waals surface area contributed by atoms with Gasteiger partial charge in [-0.1, -0.05) is 55.8 Å². The highest BCUT2D eigenvalue weighted by atomic mass is 35.5. The third-order valence-corrected chi connectivity index (χ3v) is 6.18. The van der Waals surface area contributed by atoms with Crippen molar-refractivity contribution < 1.29 is 9.59 Å². The Kier molecular flexibility index (Phi) is 4.90. The second kappa shape index (κ2) is 7.64. The lowest BCUT2D eigenvalue weighted by Crippen LogP contribution is -2.37. The van der Waals surface area contributed by atoms with Gasteiger partial charge in [-0.05, 0) is 41.7 Å². The maximum Gasteiger partial charge on any atom is 0.261 e. The standard InChI is InChI=1S/C25H23ClN4O2/c1-25(2)12-19-21(20(31)13-25)22(15-7-6-8-16(26)11-15)30-23(29-19)18(14-27-30)24(32)28-17-9-4-3-5-10-17/h3-11,14,22,29H,12-13H2,1-2H3,(H,28,32)/t22-/m0/s1. The van der Waals surface area contributed by atoms with Gasteiger partial charge in [0.05, 0.1) is 6.20 Å². The van der Waals surface area contributed by atoms with Crippen LogP contribution in [0.5, 0.6) is 0 Å². The van der Waals surface area contributed by atoms with E-state index in [1.165, 1.54) is 0 Å². The number of nitrogens with one attached hydrogen (secondary N) is 2. The molecule has 0 bridgehead atoms. The molecule has 0 fully saturated rings. The predicted molar refractivity (Wildman–Crippen MR) is 125 cm³/mol. The zero-order chi connectivity index (χ0) is 22.5. The maximum atomic E-state index is 13.3. The van der Waals surface area contributed by atoms with Crippen molar-refractivity contribution in [1.29, 1.82) is 0 Å². The molecule has 2 N–H and O–H groups in total. The lowest BCUT2D eigenvalue weighted by atomic mass is 9.73. The van der Waals surface area contributed by atoms with Gasteiger partial charge in [0, 0.05) is 28.4 Å². The zero-order valence-electron chi connectivity index (χ0n) is 17.9. The number of allylic oxidation sites excluding steroid dienone is 2. The maximum absolute atomic E-state index is 13.3. The van der Waals surface area contributed by atoms with Gasteiger partial charge in [-0.3, -0.25) is 9.59 Å². The largest absolute Gasteiger partial charge is 0.343 e. The summed E-state index contributed by atoms with van der Waals surface area (Å²) in [7, 11) is 0. The molecule has 3 aromatic rings. The fourth-order valence-corrected chi connectivity index (χ4v) is 4.78. The second-order valence-corrected chi connectivity index (χ2v) is 9.52. The SMILES string of the molecule is CC1(C)CC(=O)C2=C(C1)Nc1c(C(=O)Nc3ccccc3)cnn1[C@H]2c1cccc(Cl)c1. The van der Waals surface area contributed by atoms with Crippen molar-refractivity contribution in [2.24, 2.45) is 5.41 Å². The lowest BCUT2D eigenvalue weighted by Gasteiger charge is -2.39. The van der Waals surface area contributed by atoms with Gasteiger partial charge < -0.3 is 10.6 Å². The predicted octanol–water partition coefficient (Wildman–Crippen LogP) is 5.45. The monoisotopic (exact) mass is 446 g/mol. The molecule has 0 saturated carbocycles. The molecule has 2 heterocycles. The highest BCUT2D eigenvalue weighted by molar-refractivity contribution is 6.30. The van der Waals surface area contributed by atoms with Gasteiger partial charge in [0.1, 0.15) is 17.4 Å². The van der Waals surface area contributed by atoms with Crippen molar-refractivity contribution in [2.45, 2.75) is 32.7 Å². The molecule has 0 unspecified atom stereocenters. The fourth-order valence-electron chi connectivity index (χ4n) is 4.58. The van der Waals surface area contributed by atoms with E-state index < -0.39 is 6.04 Å². The molecule has 1 aliphatic carbocycles. The highest BCUT2D eigenvalue weighted by Crippen LogP contribution is 2.46. The first kappa shape index (κ1) is 20.5. The van der Waals surface area contributed by atoms with Crippen LogP contribution in [-0.2, 0) is 4.79 Å². The Morgan fingerprint density at radius 1 is 1.16 bits per heavy atom. The minimum Gasteiger partial charge on any atom is -0.343 e. The molecule has 6 nitrogen and oxygen atoms in total. The summed E-state index contributed by atoms with van der Waals surface area (Å²) in [6.07, 6.45) is 2.71. The third kappa shape index (κ3) is 3.60. The Morgan fingerprint density at radius 3 is 2.69 bits per heavy atom. The zero-order valence-corrected chi connectivity index (χ0v) is 18.6. The number of hydrogen-bond donors (Lipinski definition) is 2. The number of carbonyl (C=O) groups is 2. The summed E-state index contributed by atoms with van der Waals surface area (Å²) in [5, 5.41) is 11.4. The Balaban J connectivity index is 1.61. The van der Waals surface area contributed by atoms with E-state index in [1.807, 2.05) is 48.5 Å². The molecule has 32 heavy (non-hydrogen) atoms. The number of nitrogens with zero attached hydrogens (tertiary/aromatic N) is 2. The molecule has 1 aliphatic heterocycles. The molecule has 2 aromatic carbocycles. The van der Waals surface area contributed by atoms with Crippen LogP contribution in [0.4, 0.5) is 11.5 Å². The number of halogens is 1. The normalized spacial score (nSPS) is 19.1. The van der Waals surface area contributed by atoms with Gasteiger partial charge >= 0.3 is 0 Å². The molecule has 1 atom stereocenters. The van der Waals surface area contributed by atoms with Gasteiger partial charge in [-0.15, -0.1) is 0 Å². The van der Waals surface area contributed by atoms with Crippen LogP contribution in [0, 0.1) is 5.41 Å². The summed E-state index contributed by atoms with van der Waals surface area (Å²) in [6.45, 7) is 4.17. The topological polar surface area (TPSA) is 76.0 Å². The van der Waals surface area contributed by atoms with Gasteiger partial charge in [0.15, 0.2) is 5.78 Å². The van der Waals surface area contributed by atoms with E-state index in [4.69, 9.17) is 11.6 Å². The lowest BCUT2D eigenvalue weighted by molar-refractivity contribution is -0.118. The number of carbonyl (C=O) groups excluding carboxylic acids is 2. The number of hydrogen-bond acceptors (Lipinski definition) is 4. The molecule has 1 amide bonds. The Bertz CT molecular complexity index is 1260. The fraction of sp³-hybridized carbons (Fsp3) is 0.240. The van der Waals surface area contributed by atoms with Crippen LogP contribution in [0.1, 0.15) is 48.7 Å². The summed E-state index contributed by atoms with van der Waals surface area (Å²) in [5.41, 5.74) is 3.35. The molecule has 0 spiro atoms. The first-order valence-corrected chi connectivity index (χ1v) is 10.9. The van der Waals surface area contributed by atoms with E-state index in [1.54, 1.807) is 16.9 Å². The third-order valence-electron chi connectivity index (χ3n) is 5.94. The van der Waals surface area contributed by atoms with Gasteiger partial charge in [-0.2, -0.15) is 5.10 Å². The number of benzene rings is 2. The number of rotatable bonds is 3. The van der Waals surface area contributed by atoms with E-state index in [0.29, 0.717) is 40.5 Å². The summed E-state index contributed by atoms with van der Waals surface area (Å²) in [6, 6.07) is 16.3. The van der Waals surface area contributed by atoms with Crippen LogP contribution in [-0.4, -0.2) is 21.5 Å². The van der Waals surface area contributed by atoms with E-state index in [0.717, 1.165) is 11.3 Å². The van der Waals surface area contributed by atoms with E-state index in [9.17, 15) is 9.59 Å². The molecule has 5 rings (SSSR count). The summed E-state index contributed by atoms with van der Waals surface area (Å²) < 4.78 is 1.72. The van der Waals surface area contributed by atoms with Crippen LogP contribution in [0.2, 0.25) is 5.02 Å². The second-order valence-electron chi connectivity index (χ2n) is 9.09. The highest BCUT2D eigenvalue weighted by Gasteiger charge is 2.42. The van der Waals surface area contributed by atoms with E-state index >= 15 is 0 Å². The molecule has 7 heteroatoms. The van der Waals surface area contributed by atoms with E-state index in [-0.39, 0.29) is 17.1 Å². The van der Waals surface area contributed by atoms with Crippen molar-refractivity contribution >= 4 is 34.8 Å². The summed E-state index contributed by atoms with van der Waals surface area (Å²) >= 11 is 6.28. The van der Waals surface area contributed by atoms with Crippen LogP contribution in [0.3, 0.4) is 0 Å². The van der Waals surface area contributed by atoms with Crippen LogP contribution in [0.25, 0.3) is 0 Å². The molecule has 0 saturated heterocycles. The van der Waals surface area contributed by atoms with Crippen molar-refractivity contribution in [1.82, 2.24) is 9.78 Å². The van der Waals surface area contributed by atoms with Crippen molar-refractivity contribution in [3.05, 3.63) is 88.2 Å². The molecule has 1 aromatic heterocycles. The molecular formula is C25H23ClN4O2. The van der Waals surface area contributed by atoms with Crippen LogP contribution >= 0.6 is 11.6 Å². The van der Waals surface area contributed by atoms with Crippen molar-refractivity contribution in [3.8, 4) is 0 Å². The number of fused-ring (bicyclic) bond motifs is 1. The summed E-state index contributed by atoms with van der Waals surface area (Å²) in [4.78, 5) is 26.3. The Morgan fingerprint density at radius 2 is 1.94 bits per heavy atom. The number of anilines is 2. The van der Waals surface area contributed by atoms with Crippen molar-refractivity contribution in [2.75, 3.05) is 10.6 Å². The Hall–Kier alpha value is -3.38. The minimum absolute atomic E-state index is 0.0881. The first-order chi connectivity index (χ1) is 15.3. The first-order valence-electron chi connectivity index (χ1n) is 10.5. The molecule has 2 aliphatic rings. The number of para-hydroxylation sites is 1. The number of Topliss-reactive ketones (excluding diaryl/α,β-unsaturated/α-hetero) is 1. The van der Waals surface area contributed by atoms with E-state index in [2.05, 4.69) is 29.6 Å². The van der Waals surface area contributed by atoms with Crippen molar-refractivity contribution in [3.63, 3.8) is 0 Å². The van der Waals surface area contributed by atoms with Gasteiger partial charge in [-0.25, -0.2) is 4.68 Å². The van der Waals surface area contributed by atoms with Gasteiger partial charge in [0.25, 0.3) is 5.91 Å². The van der Waals surface area contributed by atoms with Gasteiger partial charge in [0.2, 0.25) is 0 Å². The molecular weight excluding hydrogens is 424 g/mol.